The molecule has 1 rings (SSSR count). The maximum Gasteiger partial charge on any atom is 0.0468 e. The zero-order valence-electron chi connectivity index (χ0n) is 8.87. The number of rotatable bonds is 4. The molecule has 0 fully saturated rings. The molecule has 0 aliphatic rings. The smallest absolute Gasteiger partial charge is 0.0468 e. The molecule has 1 atom stereocenters. The summed E-state index contributed by atoms with van der Waals surface area (Å²) < 4.78 is 0. The molecule has 1 unspecified atom stereocenters. The number of hydrogen-bond donors (Lipinski definition) is 1. The summed E-state index contributed by atoms with van der Waals surface area (Å²) in [7, 11) is 4.08. The molecule has 0 bridgehead atoms. The lowest BCUT2D eigenvalue weighted by Gasteiger charge is -2.25. The lowest BCUT2D eigenvalue weighted by molar-refractivity contribution is 0.294. The topological polar surface area (TPSA) is 3.24 Å². The fourth-order valence-electron chi connectivity index (χ4n) is 1.59. The molecule has 0 saturated heterocycles. The molecular formula is C11H15Cl2NS. The van der Waals surface area contributed by atoms with Gasteiger partial charge in [0.15, 0.2) is 0 Å². The van der Waals surface area contributed by atoms with Crippen LogP contribution in [-0.4, -0.2) is 24.7 Å². The third kappa shape index (κ3) is 3.56. The van der Waals surface area contributed by atoms with Gasteiger partial charge >= 0.3 is 0 Å². The SMILES string of the molecule is CN(C)C(CCS)c1ccc(Cl)cc1Cl. The molecule has 84 valence electrons. The van der Waals surface area contributed by atoms with E-state index in [0.717, 1.165) is 22.8 Å². The normalized spacial score (nSPS) is 13.2. The lowest BCUT2D eigenvalue weighted by Crippen LogP contribution is -2.20. The van der Waals surface area contributed by atoms with Gasteiger partial charge in [0.2, 0.25) is 0 Å². The van der Waals surface area contributed by atoms with Gasteiger partial charge in [0, 0.05) is 16.1 Å². The second-order valence-electron chi connectivity index (χ2n) is 3.66. The first-order valence-electron chi connectivity index (χ1n) is 4.78. The van der Waals surface area contributed by atoms with Gasteiger partial charge in [-0.3, -0.25) is 0 Å². The number of halogens is 2. The lowest BCUT2D eigenvalue weighted by atomic mass is 10.0. The number of benzene rings is 1. The van der Waals surface area contributed by atoms with Crippen LogP contribution in [0.15, 0.2) is 18.2 Å². The van der Waals surface area contributed by atoms with E-state index in [1.54, 1.807) is 6.07 Å². The van der Waals surface area contributed by atoms with E-state index in [0.29, 0.717) is 11.1 Å². The van der Waals surface area contributed by atoms with E-state index in [2.05, 4.69) is 17.5 Å². The van der Waals surface area contributed by atoms with Crippen molar-refractivity contribution in [1.82, 2.24) is 4.90 Å². The van der Waals surface area contributed by atoms with Crippen LogP contribution in [0.4, 0.5) is 0 Å². The number of hydrogen-bond acceptors (Lipinski definition) is 2. The molecule has 0 aromatic heterocycles. The van der Waals surface area contributed by atoms with Gasteiger partial charge in [0.25, 0.3) is 0 Å². The molecule has 1 aromatic carbocycles. The van der Waals surface area contributed by atoms with E-state index in [1.165, 1.54) is 0 Å². The van der Waals surface area contributed by atoms with Crippen LogP contribution in [0.5, 0.6) is 0 Å². The van der Waals surface area contributed by atoms with Gasteiger partial charge in [-0.15, -0.1) is 0 Å². The predicted octanol–water partition coefficient (Wildman–Crippen LogP) is 3.92. The third-order valence-electron chi connectivity index (χ3n) is 2.35. The minimum Gasteiger partial charge on any atom is -0.302 e. The highest BCUT2D eigenvalue weighted by Gasteiger charge is 2.16. The maximum atomic E-state index is 6.17. The van der Waals surface area contributed by atoms with Crippen LogP contribution >= 0.6 is 35.8 Å². The van der Waals surface area contributed by atoms with Crippen molar-refractivity contribution in [2.75, 3.05) is 19.8 Å². The van der Waals surface area contributed by atoms with Gasteiger partial charge in [-0.25, -0.2) is 0 Å². The van der Waals surface area contributed by atoms with Crippen LogP contribution in [0.2, 0.25) is 10.0 Å². The highest BCUT2D eigenvalue weighted by Crippen LogP contribution is 2.30. The molecule has 0 amide bonds. The quantitative estimate of drug-likeness (QED) is 0.807. The molecule has 1 nitrogen and oxygen atoms in total. The fraction of sp³-hybridized carbons (Fsp3) is 0.455. The van der Waals surface area contributed by atoms with Crippen LogP contribution in [0.1, 0.15) is 18.0 Å². The third-order valence-corrected chi connectivity index (χ3v) is 3.17. The van der Waals surface area contributed by atoms with Crippen LogP contribution in [0.3, 0.4) is 0 Å². The molecule has 0 saturated carbocycles. The van der Waals surface area contributed by atoms with Gasteiger partial charge in [-0.1, -0.05) is 29.3 Å². The first kappa shape index (κ1) is 13.2. The van der Waals surface area contributed by atoms with Crippen molar-refractivity contribution in [2.45, 2.75) is 12.5 Å². The molecule has 0 N–H and O–H groups in total. The Morgan fingerprint density at radius 2 is 2.00 bits per heavy atom. The zero-order chi connectivity index (χ0) is 11.4. The predicted molar refractivity (Wildman–Crippen MR) is 71.4 cm³/mol. The Balaban J connectivity index is 3.00. The minimum atomic E-state index is 0.298. The largest absolute Gasteiger partial charge is 0.302 e. The highest BCUT2D eigenvalue weighted by molar-refractivity contribution is 7.80. The Kier molecular flexibility index (Phi) is 5.27. The summed E-state index contributed by atoms with van der Waals surface area (Å²) in [4.78, 5) is 2.14. The van der Waals surface area contributed by atoms with Crippen molar-refractivity contribution >= 4 is 35.8 Å². The van der Waals surface area contributed by atoms with Gasteiger partial charge in [-0.05, 0) is 44.0 Å². The first-order valence-corrected chi connectivity index (χ1v) is 6.17. The van der Waals surface area contributed by atoms with Crippen molar-refractivity contribution in [3.05, 3.63) is 33.8 Å². The Morgan fingerprint density at radius 1 is 1.33 bits per heavy atom. The molecular weight excluding hydrogens is 249 g/mol. The molecule has 1 aromatic rings. The highest BCUT2D eigenvalue weighted by atomic mass is 35.5. The van der Waals surface area contributed by atoms with Crippen LogP contribution < -0.4 is 0 Å². The summed E-state index contributed by atoms with van der Waals surface area (Å²) in [6.45, 7) is 0. The van der Waals surface area contributed by atoms with Crippen LogP contribution in [-0.2, 0) is 0 Å². The maximum absolute atomic E-state index is 6.17. The summed E-state index contributed by atoms with van der Waals surface area (Å²) in [6.07, 6.45) is 0.970. The summed E-state index contributed by atoms with van der Waals surface area (Å²) in [6, 6.07) is 5.94. The van der Waals surface area contributed by atoms with Crippen molar-refractivity contribution in [1.29, 1.82) is 0 Å². The molecule has 0 spiro atoms. The summed E-state index contributed by atoms with van der Waals surface area (Å²) in [5.41, 5.74) is 1.11. The number of nitrogens with zero attached hydrogens (tertiary/aromatic N) is 1. The average molecular weight is 264 g/mol. The van der Waals surface area contributed by atoms with Crippen molar-refractivity contribution in [3.63, 3.8) is 0 Å². The summed E-state index contributed by atoms with van der Waals surface area (Å²) in [5.74, 6) is 0.835. The Morgan fingerprint density at radius 3 is 2.47 bits per heavy atom. The van der Waals surface area contributed by atoms with E-state index in [-0.39, 0.29) is 0 Å². The molecule has 0 aliphatic heterocycles. The van der Waals surface area contributed by atoms with Gasteiger partial charge in [0.1, 0.15) is 0 Å². The second kappa shape index (κ2) is 6.00. The second-order valence-corrected chi connectivity index (χ2v) is 4.95. The van der Waals surface area contributed by atoms with Gasteiger partial charge in [0.05, 0.1) is 0 Å². The van der Waals surface area contributed by atoms with E-state index in [9.17, 15) is 0 Å². The average Bonchev–Trinajstić information content (AvgIpc) is 2.15. The Hall–Kier alpha value is 0.110. The van der Waals surface area contributed by atoms with Gasteiger partial charge in [-0.2, -0.15) is 12.6 Å². The Labute approximate surface area is 107 Å². The monoisotopic (exact) mass is 263 g/mol. The van der Waals surface area contributed by atoms with Crippen LogP contribution in [0.25, 0.3) is 0 Å². The summed E-state index contributed by atoms with van der Waals surface area (Å²) >= 11 is 16.3. The zero-order valence-corrected chi connectivity index (χ0v) is 11.3. The molecule has 0 aliphatic carbocycles. The summed E-state index contributed by atoms with van der Waals surface area (Å²) in [5, 5.41) is 1.40. The van der Waals surface area contributed by atoms with E-state index >= 15 is 0 Å². The fourth-order valence-corrected chi connectivity index (χ4v) is 2.36. The van der Waals surface area contributed by atoms with Crippen molar-refractivity contribution in [3.8, 4) is 0 Å². The Bertz CT molecular complexity index is 328. The standard InChI is InChI=1S/C11H15Cl2NS/c1-14(2)11(5-6-15)9-4-3-8(12)7-10(9)13/h3-4,7,11,15H,5-6H2,1-2H3. The molecule has 0 heterocycles. The van der Waals surface area contributed by atoms with E-state index in [4.69, 9.17) is 23.2 Å². The molecule has 15 heavy (non-hydrogen) atoms. The first-order chi connectivity index (χ1) is 7.06. The molecule has 4 heteroatoms. The van der Waals surface area contributed by atoms with E-state index in [1.807, 2.05) is 26.2 Å². The van der Waals surface area contributed by atoms with Crippen molar-refractivity contribution in [2.24, 2.45) is 0 Å². The molecule has 0 radical (unpaired) electrons. The van der Waals surface area contributed by atoms with Crippen molar-refractivity contribution < 1.29 is 0 Å². The minimum absolute atomic E-state index is 0.298. The van der Waals surface area contributed by atoms with Gasteiger partial charge < -0.3 is 4.90 Å². The van der Waals surface area contributed by atoms with Crippen LogP contribution in [0, 0.1) is 0 Å². The van der Waals surface area contributed by atoms with E-state index < -0.39 is 0 Å². The number of thiol groups is 1.